The van der Waals surface area contributed by atoms with Gasteiger partial charge in [0.2, 0.25) is 10.0 Å². The van der Waals surface area contributed by atoms with Crippen molar-refractivity contribution < 1.29 is 22.3 Å². The zero-order chi connectivity index (χ0) is 21.7. The maximum absolute atomic E-state index is 14.3. The van der Waals surface area contributed by atoms with Crippen LogP contribution in [0.15, 0.2) is 27.6 Å². The molecule has 156 valence electrons. The SMILES string of the molecule is C#CCN(C[C@H](NC(=O)OC(C)(C)C)C(C)C)S(=O)(=O)c1ccc(Br)cc1F. The number of halogens is 2. The Balaban J connectivity index is 3.14. The second-order valence-electron chi connectivity index (χ2n) is 7.57. The van der Waals surface area contributed by atoms with E-state index in [-0.39, 0.29) is 19.0 Å². The van der Waals surface area contributed by atoms with Gasteiger partial charge in [0.1, 0.15) is 16.3 Å². The molecule has 0 radical (unpaired) electrons. The molecule has 0 bridgehead atoms. The number of amides is 1. The van der Waals surface area contributed by atoms with Crippen LogP contribution in [-0.4, -0.2) is 43.5 Å². The number of benzene rings is 1. The molecule has 0 aliphatic carbocycles. The molecule has 0 aliphatic rings. The van der Waals surface area contributed by atoms with E-state index in [4.69, 9.17) is 11.2 Å². The topological polar surface area (TPSA) is 75.7 Å². The van der Waals surface area contributed by atoms with Crippen LogP contribution in [-0.2, 0) is 14.8 Å². The molecular formula is C19H26BrFN2O4S. The largest absolute Gasteiger partial charge is 0.444 e. The third-order valence-corrected chi connectivity index (χ3v) is 6.02. The molecule has 0 heterocycles. The lowest BCUT2D eigenvalue weighted by molar-refractivity contribution is 0.0484. The predicted octanol–water partition coefficient (Wildman–Crippen LogP) is 3.76. The molecule has 6 nitrogen and oxygen atoms in total. The standard InChI is InChI=1S/C19H26BrFN2O4S/c1-7-10-23(28(25,26)17-9-8-14(20)11-15(17)21)12-16(13(2)3)22-18(24)27-19(4,5)6/h1,8-9,11,13,16H,10,12H2,2-6H3,(H,22,24)/t16-/m0/s1. The first kappa shape index (κ1) is 24.4. The Kier molecular flexibility index (Phi) is 8.47. The molecule has 28 heavy (non-hydrogen) atoms. The van der Waals surface area contributed by atoms with Crippen LogP contribution in [0.5, 0.6) is 0 Å². The zero-order valence-corrected chi connectivity index (χ0v) is 19.0. The summed E-state index contributed by atoms with van der Waals surface area (Å²) in [5.74, 6) is 1.26. The lowest BCUT2D eigenvalue weighted by Crippen LogP contribution is -2.49. The number of alkyl carbamates (subject to hydrolysis) is 1. The summed E-state index contributed by atoms with van der Waals surface area (Å²) in [6.45, 7) is 8.43. The van der Waals surface area contributed by atoms with Crippen molar-refractivity contribution in [1.82, 2.24) is 9.62 Å². The van der Waals surface area contributed by atoms with E-state index in [9.17, 15) is 17.6 Å². The highest BCUT2D eigenvalue weighted by molar-refractivity contribution is 9.10. The van der Waals surface area contributed by atoms with Gasteiger partial charge in [-0.25, -0.2) is 17.6 Å². The van der Waals surface area contributed by atoms with E-state index < -0.39 is 38.5 Å². The summed E-state index contributed by atoms with van der Waals surface area (Å²) in [6.07, 6.45) is 4.67. The molecule has 9 heteroatoms. The minimum atomic E-state index is -4.21. The van der Waals surface area contributed by atoms with Crippen LogP contribution in [0.1, 0.15) is 34.6 Å². The minimum absolute atomic E-state index is 0.126. The Bertz CT molecular complexity index is 844. The van der Waals surface area contributed by atoms with Crippen molar-refractivity contribution >= 4 is 32.0 Å². The second-order valence-corrected chi connectivity index (χ2v) is 10.4. The van der Waals surface area contributed by atoms with E-state index in [1.165, 1.54) is 12.1 Å². The summed E-state index contributed by atoms with van der Waals surface area (Å²) in [5, 5.41) is 2.67. The molecule has 1 rings (SSSR count). The minimum Gasteiger partial charge on any atom is -0.444 e. The molecule has 0 saturated heterocycles. The number of rotatable bonds is 7. The summed E-state index contributed by atoms with van der Waals surface area (Å²) >= 11 is 3.10. The summed E-state index contributed by atoms with van der Waals surface area (Å²) in [7, 11) is -4.21. The Labute approximate surface area is 175 Å². The number of ether oxygens (including phenoxy) is 1. The fourth-order valence-electron chi connectivity index (χ4n) is 2.27. The van der Waals surface area contributed by atoms with Crippen molar-refractivity contribution in [3.8, 4) is 12.3 Å². The van der Waals surface area contributed by atoms with E-state index in [0.29, 0.717) is 4.47 Å². The van der Waals surface area contributed by atoms with Crippen LogP contribution in [0.3, 0.4) is 0 Å². The van der Waals surface area contributed by atoms with Gasteiger partial charge in [-0.15, -0.1) is 6.42 Å². The van der Waals surface area contributed by atoms with Gasteiger partial charge in [-0.2, -0.15) is 4.31 Å². The third kappa shape index (κ3) is 7.08. The van der Waals surface area contributed by atoms with Gasteiger partial charge >= 0.3 is 6.09 Å². The molecule has 1 amide bonds. The highest BCUT2D eigenvalue weighted by atomic mass is 79.9. The van der Waals surface area contributed by atoms with Gasteiger partial charge in [0.05, 0.1) is 6.54 Å². The summed E-state index contributed by atoms with van der Waals surface area (Å²) in [4.78, 5) is 11.6. The van der Waals surface area contributed by atoms with Crippen LogP contribution in [0.2, 0.25) is 0 Å². The first-order valence-electron chi connectivity index (χ1n) is 8.66. The first-order chi connectivity index (χ1) is 12.8. The van der Waals surface area contributed by atoms with E-state index in [1.807, 2.05) is 13.8 Å². The average molecular weight is 477 g/mol. The molecule has 1 aromatic carbocycles. The fourth-order valence-corrected chi connectivity index (χ4v) is 4.03. The normalized spacial score (nSPS) is 13.3. The fraction of sp³-hybridized carbons (Fsp3) is 0.526. The Hall–Kier alpha value is -1.63. The van der Waals surface area contributed by atoms with Gasteiger partial charge in [0, 0.05) is 17.1 Å². The quantitative estimate of drug-likeness (QED) is 0.607. The third-order valence-electron chi connectivity index (χ3n) is 3.69. The van der Waals surface area contributed by atoms with Crippen LogP contribution in [0.25, 0.3) is 0 Å². The number of carbonyl (C=O) groups excluding carboxylic acids is 1. The van der Waals surface area contributed by atoms with Crippen LogP contribution < -0.4 is 5.32 Å². The maximum Gasteiger partial charge on any atom is 0.407 e. The number of carbonyl (C=O) groups is 1. The van der Waals surface area contributed by atoms with Gasteiger partial charge in [-0.1, -0.05) is 35.7 Å². The van der Waals surface area contributed by atoms with Gasteiger partial charge < -0.3 is 10.1 Å². The van der Waals surface area contributed by atoms with Crippen molar-refractivity contribution in [1.29, 1.82) is 0 Å². The van der Waals surface area contributed by atoms with Crippen molar-refractivity contribution in [2.75, 3.05) is 13.1 Å². The molecule has 1 N–H and O–H groups in total. The molecule has 0 unspecified atom stereocenters. The van der Waals surface area contributed by atoms with Crippen LogP contribution in [0, 0.1) is 24.1 Å². The van der Waals surface area contributed by atoms with E-state index in [1.54, 1.807) is 20.8 Å². The van der Waals surface area contributed by atoms with Crippen molar-refractivity contribution in [3.05, 3.63) is 28.5 Å². The van der Waals surface area contributed by atoms with E-state index >= 15 is 0 Å². The molecule has 0 fully saturated rings. The van der Waals surface area contributed by atoms with Gasteiger partial charge in [-0.3, -0.25) is 0 Å². The second kappa shape index (κ2) is 9.72. The summed E-state index contributed by atoms with van der Waals surface area (Å²) in [5.41, 5.74) is -0.698. The lowest BCUT2D eigenvalue weighted by atomic mass is 10.0. The number of nitrogens with one attached hydrogen (secondary N) is 1. The smallest absolute Gasteiger partial charge is 0.407 e. The van der Waals surface area contributed by atoms with Crippen molar-refractivity contribution in [2.45, 2.75) is 51.2 Å². The summed E-state index contributed by atoms with van der Waals surface area (Å²) in [6, 6.07) is 3.09. The van der Waals surface area contributed by atoms with Crippen LogP contribution >= 0.6 is 15.9 Å². The molecule has 1 atom stereocenters. The lowest BCUT2D eigenvalue weighted by Gasteiger charge is -2.30. The Morgan fingerprint density at radius 3 is 2.46 bits per heavy atom. The maximum atomic E-state index is 14.3. The molecule has 0 spiro atoms. The van der Waals surface area contributed by atoms with E-state index in [2.05, 4.69) is 27.2 Å². The van der Waals surface area contributed by atoms with Gasteiger partial charge in [-0.05, 0) is 44.9 Å². The molecule has 1 aromatic rings. The number of hydrogen-bond acceptors (Lipinski definition) is 4. The van der Waals surface area contributed by atoms with Crippen molar-refractivity contribution in [3.63, 3.8) is 0 Å². The van der Waals surface area contributed by atoms with Crippen LogP contribution in [0.4, 0.5) is 9.18 Å². The van der Waals surface area contributed by atoms with Crippen molar-refractivity contribution in [2.24, 2.45) is 5.92 Å². The monoisotopic (exact) mass is 476 g/mol. The number of nitrogens with zero attached hydrogens (tertiary/aromatic N) is 1. The predicted molar refractivity (Wildman–Crippen MR) is 110 cm³/mol. The molecule has 0 aromatic heterocycles. The Morgan fingerprint density at radius 2 is 2.00 bits per heavy atom. The first-order valence-corrected chi connectivity index (χ1v) is 10.9. The number of hydrogen-bond donors (Lipinski definition) is 1. The molecular weight excluding hydrogens is 451 g/mol. The summed E-state index contributed by atoms with van der Waals surface area (Å²) < 4.78 is 46.8. The van der Waals surface area contributed by atoms with Gasteiger partial charge in [0.15, 0.2) is 0 Å². The zero-order valence-electron chi connectivity index (χ0n) is 16.6. The molecule has 0 aliphatic heterocycles. The average Bonchev–Trinajstić information content (AvgIpc) is 2.51. The Morgan fingerprint density at radius 1 is 1.39 bits per heavy atom. The number of terminal acetylenes is 1. The van der Waals surface area contributed by atoms with E-state index in [0.717, 1.165) is 10.4 Å². The van der Waals surface area contributed by atoms with Gasteiger partial charge in [0.25, 0.3) is 0 Å². The molecule has 0 saturated carbocycles. The number of sulfonamides is 1. The highest BCUT2D eigenvalue weighted by Gasteiger charge is 2.31. The highest BCUT2D eigenvalue weighted by Crippen LogP contribution is 2.23.